The Hall–Kier alpha value is -2.10. The van der Waals surface area contributed by atoms with Crippen molar-refractivity contribution in [1.29, 1.82) is 0 Å². The zero-order valence-corrected chi connectivity index (χ0v) is 14.9. The molecule has 4 heteroatoms. The Balaban J connectivity index is 1.80. The highest BCUT2D eigenvalue weighted by molar-refractivity contribution is 5.45. The van der Waals surface area contributed by atoms with Gasteiger partial charge in [-0.3, -0.25) is 0 Å². The van der Waals surface area contributed by atoms with Gasteiger partial charge in [0.2, 0.25) is 5.95 Å². The van der Waals surface area contributed by atoms with Crippen molar-refractivity contribution in [2.24, 2.45) is 0 Å². The maximum Gasteiger partial charge on any atom is 0.227 e. The van der Waals surface area contributed by atoms with E-state index < -0.39 is 0 Å². The van der Waals surface area contributed by atoms with Gasteiger partial charge in [0, 0.05) is 31.9 Å². The Morgan fingerprint density at radius 1 is 1.12 bits per heavy atom. The molecule has 1 aliphatic rings. The quantitative estimate of drug-likeness (QED) is 0.794. The number of rotatable bonds is 6. The van der Waals surface area contributed by atoms with Gasteiger partial charge in [0.15, 0.2) is 0 Å². The third-order valence-corrected chi connectivity index (χ3v) is 4.91. The minimum Gasteiger partial charge on any atom is -0.352 e. The highest BCUT2D eigenvalue weighted by atomic mass is 15.3. The second kappa shape index (κ2) is 8.13. The van der Waals surface area contributed by atoms with Crippen molar-refractivity contribution in [3.05, 3.63) is 48.2 Å². The van der Waals surface area contributed by atoms with Crippen molar-refractivity contribution >= 4 is 11.8 Å². The molecule has 1 aromatic carbocycles. The van der Waals surface area contributed by atoms with Gasteiger partial charge >= 0.3 is 0 Å². The third kappa shape index (κ3) is 3.86. The van der Waals surface area contributed by atoms with E-state index >= 15 is 0 Å². The van der Waals surface area contributed by atoms with E-state index in [9.17, 15) is 0 Å². The first-order chi connectivity index (χ1) is 11.8. The molecule has 0 spiro atoms. The zero-order chi connectivity index (χ0) is 16.8. The van der Waals surface area contributed by atoms with Gasteiger partial charge in [0.1, 0.15) is 5.82 Å². The number of hydrogen-bond donors (Lipinski definition) is 0. The molecule has 1 saturated heterocycles. The summed E-state index contributed by atoms with van der Waals surface area (Å²) in [7, 11) is 0. The minimum atomic E-state index is 0.582. The smallest absolute Gasteiger partial charge is 0.227 e. The molecular weight excluding hydrogens is 296 g/mol. The van der Waals surface area contributed by atoms with Crippen LogP contribution in [-0.4, -0.2) is 29.1 Å². The van der Waals surface area contributed by atoms with E-state index in [-0.39, 0.29) is 0 Å². The molecule has 1 unspecified atom stereocenters. The molecule has 0 radical (unpaired) electrons. The lowest BCUT2D eigenvalue weighted by Gasteiger charge is -2.35. The van der Waals surface area contributed by atoms with E-state index in [1.807, 2.05) is 12.3 Å². The molecule has 0 aliphatic carbocycles. The molecule has 0 bridgehead atoms. The molecule has 2 heterocycles. The molecule has 1 atom stereocenters. The monoisotopic (exact) mass is 324 g/mol. The fourth-order valence-electron chi connectivity index (χ4n) is 3.50. The van der Waals surface area contributed by atoms with E-state index in [2.05, 4.69) is 59.0 Å². The van der Waals surface area contributed by atoms with Gasteiger partial charge < -0.3 is 9.80 Å². The van der Waals surface area contributed by atoms with Gasteiger partial charge in [0.05, 0.1) is 0 Å². The molecule has 1 fully saturated rings. The SMILES string of the molecule is CCC1CCCCN1c1nccc(N(CC)Cc2ccccc2)n1. The maximum atomic E-state index is 4.90. The van der Waals surface area contributed by atoms with Gasteiger partial charge in [-0.2, -0.15) is 4.98 Å². The summed E-state index contributed by atoms with van der Waals surface area (Å²) in [6.45, 7) is 7.33. The molecule has 24 heavy (non-hydrogen) atoms. The van der Waals surface area contributed by atoms with Crippen LogP contribution in [0.25, 0.3) is 0 Å². The van der Waals surface area contributed by atoms with Crippen molar-refractivity contribution in [2.45, 2.75) is 52.1 Å². The van der Waals surface area contributed by atoms with Gasteiger partial charge in [-0.1, -0.05) is 37.3 Å². The van der Waals surface area contributed by atoms with E-state index in [1.54, 1.807) is 0 Å². The first-order valence-corrected chi connectivity index (χ1v) is 9.20. The first kappa shape index (κ1) is 16.7. The van der Waals surface area contributed by atoms with E-state index in [0.29, 0.717) is 6.04 Å². The summed E-state index contributed by atoms with van der Waals surface area (Å²) in [6.07, 6.45) is 6.89. The molecule has 0 amide bonds. The lowest BCUT2D eigenvalue weighted by Crippen LogP contribution is -2.40. The third-order valence-electron chi connectivity index (χ3n) is 4.91. The zero-order valence-electron chi connectivity index (χ0n) is 14.9. The molecule has 0 saturated carbocycles. The van der Waals surface area contributed by atoms with Gasteiger partial charge in [0.25, 0.3) is 0 Å². The van der Waals surface area contributed by atoms with Crippen molar-refractivity contribution in [2.75, 3.05) is 22.9 Å². The molecule has 1 aromatic heterocycles. The van der Waals surface area contributed by atoms with Crippen LogP contribution in [0.5, 0.6) is 0 Å². The summed E-state index contributed by atoms with van der Waals surface area (Å²) in [5.41, 5.74) is 1.31. The van der Waals surface area contributed by atoms with Crippen LogP contribution in [0.4, 0.5) is 11.8 Å². The highest BCUT2D eigenvalue weighted by Gasteiger charge is 2.23. The van der Waals surface area contributed by atoms with Gasteiger partial charge in [-0.25, -0.2) is 4.98 Å². The van der Waals surface area contributed by atoms with E-state index in [4.69, 9.17) is 4.98 Å². The number of aromatic nitrogens is 2. The number of hydrogen-bond acceptors (Lipinski definition) is 4. The summed E-state index contributed by atoms with van der Waals surface area (Å²) in [4.78, 5) is 14.2. The molecule has 0 N–H and O–H groups in total. The second-order valence-corrected chi connectivity index (χ2v) is 6.47. The maximum absolute atomic E-state index is 4.90. The molecule has 128 valence electrons. The van der Waals surface area contributed by atoms with Crippen LogP contribution in [0.15, 0.2) is 42.6 Å². The Labute approximate surface area is 145 Å². The summed E-state index contributed by atoms with van der Waals surface area (Å²) in [5, 5.41) is 0. The van der Waals surface area contributed by atoms with Gasteiger partial charge in [-0.15, -0.1) is 0 Å². The lowest BCUT2D eigenvalue weighted by atomic mass is 10.0. The van der Waals surface area contributed by atoms with Crippen molar-refractivity contribution in [1.82, 2.24) is 9.97 Å². The Morgan fingerprint density at radius 3 is 2.71 bits per heavy atom. The summed E-state index contributed by atoms with van der Waals surface area (Å²) < 4.78 is 0. The predicted octanol–water partition coefficient (Wildman–Crippen LogP) is 4.27. The summed E-state index contributed by atoms with van der Waals surface area (Å²) in [6, 6.07) is 13.2. The number of piperidine rings is 1. The van der Waals surface area contributed by atoms with E-state index in [0.717, 1.165) is 37.8 Å². The van der Waals surface area contributed by atoms with Crippen LogP contribution < -0.4 is 9.80 Å². The topological polar surface area (TPSA) is 32.3 Å². The Morgan fingerprint density at radius 2 is 1.96 bits per heavy atom. The fourth-order valence-corrected chi connectivity index (χ4v) is 3.50. The average Bonchev–Trinajstić information content (AvgIpc) is 2.67. The summed E-state index contributed by atoms with van der Waals surface area (Å²) in [5.74, 6) is 1.91. The lowest BCUT2D eigenvalue weighted by molar-refractivity contribution is 0.443. The normalized spacial score (nSPS) is 17.8. The molecule has 3 rings (SSSR count). The van der Waals surface area contributed by atoms with Crippen molar-refractivity contribution in [3.8, 4) is 0 Å². The van der Waals surface area contributed by atoms with Crippen LogP contribution in [-0.2, 0) is 6.54 Å². The molecule has 1 aliphatic heterocycles. The molecule has 2 aromatic rings. The summed E-state index contributed by atoms with van der Waals surface area (Å²) >= 11 is 0. The first-order valence-electron chi connectivity index (χ1n) is 9.20. The van der Waals surface area contributed by atoms with Crippen LogP contribution >= 0.6 is 0 Å². The Bertz CT molecular complexity index is 629. The largest absolute Gasteiger partial charge is 0.352 e. The number of nitrogens with zero attached hydrogens (tertiary/aromatic N) is 4. The van der Waals surface area contributed by atoms with Crippen molar-refractivity contribution < 1.29 is 0 Å². The van der Waals surface area contributed by atoms with Gasteiger partial charge in [-0.05, 0) is 44.2 Å². The van der Waals surface area contributed by atoms with Crippen LogP contribution in [0.3, 0.4) is 0 Å². The number of anilines is 2. The fraction of sp³-hybridized carbons (Fsp3) is 0.500. The Kier molecular flexibility index (Phi) is 5.68. The minimum absolute atomic E-state index is 0.582. The highest BCUT2D eigenvalue weighted by Crippen LogP contribution is 2.25. The van der Waals surface area contributed by atoms with Crippen molar-refractivity contribution in [3.63, 3.8) is 0 Å². The van der Waals surface area contributed by atoms with Crippen LogP contribution in [0, 0.1) is 0 Å². The second-order valence-electron chi connectivity index (χ2n) is 6.47. The molecule has 4 nitrogen and oxygen atoms in total. The predicted molar refractivity (Wildman–Crippen MR) is 100 cm³/mol. The van der Waals surface area contributed by atoms with E-state index in [1.165, 1.54) is 24.8 Å². The molecular formula is C20H28N4. The standard InChI is InChI=1S/C20H28N4/c1-3-18-12-8-9-15-24(18)20-21-14-13-19(22-20)23(4-2)16-17-10-6-5-7-11-17/h5-7,10-11,13-14,18H,3-4,8-9,12,15-16H2,1-2H3. The van der Waals surface area contributed by atoms with Crippen LogP contribution in [0.1, 0.15) is 45.1 Å². The number of benzene rings is 1. The average molecular weight is 324 g/mol. The van der Waals surface area contributed by atoms with Crippen LogP contribution in [0.2, 0.25) is 0 Å².